The number of hydrogen-bond donors (Lipinski definition) is 0. The number of aryl methyl sites for hydroxylation is 1. The fraction of sp³-hybridized carbons (Fsp3) is 0.278. The number of thiazole rings is 1. The molecular weight excluding hydrogens is 361 g/mol. The van der Waals surface area contributed by atoms with Gasteiger partial charge in [-0.05, 0) is 42.8 Å². The number of anilines is 2. The molecule has 24 heavy (non-hydrogen) atoms. The van der Waals surface area contributed by atoms with Gasteiger partial charge in [0, 0.05) is 41.9 Å². The molecule has 0 aliphatic carbocycles. The number of benzene rings is 2. The highest BCUT2D eigenvalue weighted by Gasteiger charge is 2.21. The Bertz CT molecular complexity index is 885. The van der Waals surface area contributed by atoms with Crippen LogP contribution in [-0.4, -0.2) is 31.2 Å². The van der Waals surface area contributed by atoms with E-state index in [-0.39, 0.29) is 0 Å². The van der Waals surface area contributed by atoms with Crippen LogP contribution >= 0.6 is 34.5 Å². The second-order valence-electron chi connectivity index (χ2n) is 6.01. The van der Waals surface area contributed by atoms with Gasteiger partial charge in [0.25, 0.3) is 0 Å². The van der Waals surface area contributed by atoms with Gasteiger partial charge < -0.3 is 9.80 Å². The van der Waals surface area contributed by atoms with Crippen LogP contribution in [0.3, 0.4) is 0 Å². The summed E-state index contributed by atoms with van der Waals surface area (Å²) >= 11 is 13.9. The first kappa shape index (κ1) is 16.0. The third kappa shape index (κ3) is 3.06. The summed E-state index contributed by atoms with van der Waals surface area (Å²) < 4.78 is 1.14. The number of fused-ring (bicyclic) bond motifs is 1. The Hall–Kier alpha value is -1.49. The van der Waals surface area contributed by atoms with Gasteiger partial charge in [-0.1, -0.05) is 40.6 Å². The van der Waals surface area contributed by atoms with Crippen LogP contribution in [0.1, 0.15) is 5.56 Å². The number of hydrogen-bond acceptors (Lipinski definition) is 4. The van der Waals surface area contributed by atoms with Gasteiger partial charge in [-0.25, -0.2) is 4.98 Å². The van der Waals surface area contributed by atoms with Crippen LogP contribution in [0, 0.1) is 6.92 Å². The molecule has 1 fully saturated rings. The smallest absolute Gasteiger partial charge is 0.186 e. The minimum absolute atomic E-state index is 0.763. The standard InChI is InChI=1S/C18H17Cl2N3S/c1-12-2-3-13(19)10-16(12)22-6-8-23(9-7-22)18-21-15-5-4-14(20)11-17(15)24-18/h2-5,10-11H,6-9H2,1H3. The van der Waals surface area contributed by atoms with Crippen LogP contribution in [0.4, 0.5) is 10.8 Å². The monoisotopic (exact) mass is 377 g/mol. The summed E-state index contributed by atoms with van der Waals surface area (Å²) in [6, 6.07) is 12.0. The molecule has 1 aromatic heterocycles. The van der Waals surface area contributed by atoms with Gasteiger partial charge in [0.15, 0.2) is 5.13 Å². The first-order valence-electron chi connectivity index (χ1n) is 7.92. The normalized spacial score (nSPS) is 15.3. The summed E-state index contributed by atoms with van der Waals surface area (Å²) in [5.74, 6) is 0. The largest absolute Gasteiger partial charge is 0.368 e. The van der Waals surface area contributed by atoms with Gasteiger partial charge >= 0.3 is 0 Å². The molecule has 3 nitrogen and oxygen atoms in total. The van der Waals surface area contributed by atoms with E-state index in [0.29, 0.717) is 0 Å². The molecular formula is C18H17Cl2N3S. The van der Waals surface area contributed by atoms with E-state index < -0.39 is 0 Å². The highest BCUT2D eigenvalue weighted by Crippen LogP contribution is 2.32. The van der Waals surface area contributed by atoms with Gasteiger partial charge in [-0.3, -0.25) is 0 Å². The SMILES string of the molecule is Cc1ccc(Cl)cc1N1CCN(c2nc3ccc(Cl)cc3s2)CC1. The molecule has 1 aliphatic rings. The molecule has 2 heterocycles. The molecule has 2 aromatic carbocycles. The third-order valence-electron chi connectivity index (χ3n) is 4.40. The van der Waals surface area contributed by atoms with Crippen molar-refractivity contribution in [3.63, 3.8) is 0 Å². The Morgan fingerprint density at radius 2 is 1.58 bits per heavy atom. The second-order valence-corrected chi connectivity index (χ2v) is 7.90. The van der Waals surface area contributed by atoms with Crippen LogP contribution in [0.2, 0.25) is 10.0 Å². The lowest BCUT2D eigenvalue weighted by atomic mass is 10.1. The molecule has 3 aromatic rings. The average Bonchev–Trinajstić information content (AvgIpc) is 3.00. The first-order chi connectivity index (χ1) is 11.6. The second kappa shape index (κ2) is 6.43. The lowest BCUT2D eigenvalue weighted by molar-refractivity contribution is 0.651. The van der Waals surface area contributed by atoms with E-state index in [9.17, 15) is 0 Å². The minimum Gasteiger partial charge on any atom is -0.368 e. The Morgan fingerprint density at radius 3 is 2.38 bits per heavy atom. The summed E-state index contributed by atoms with van der Waals surface area (Å²) in [4.78, 5) is 9.51. The zero-order valence-corrected chi connectivity index (χ0v) is 15.6. The zero-order chi connectivity index (χ0) is 16.7. The Kier molecular flexibility index (Phi) is 4.29. The molecule has 124 valence electrons. The maximum Gasteiger partial charge on any atom is 0.186 e. The molecule has 1 aliphatic heterocycles. The van der Waals surface area contributed by atoms with E-state index in [1.807, 2.05) is 24.3 Å². The molecule has 0 amide bonds. The fourth-order valence-corrected chi connectivity index (χ4v) is 4.54. The van der Waals surface area contributed by atoms with Gasteiger partial charge in [0.05, 0.1) is 10.2 Å². The topological polar surface area (TPSA) is 19.4 Å². The van der Waals surface area contributed by atoms with Gasteiger partial charge in [0.2, 0.25) is 0 Å². The van der Waals surface area contributed by atoms with E-state index in [1.165, 1.54) is 11.3 Å². The predicted molar refractivity (Wildman–Crippen MR) is 105 cm³/mol. The summed E-state index contributed by atoms with van der Waals surface area (Å²) in [6.45, 7) is 5.99. The van der Waals surface area contributed by atoms with Crippen LogP contribution in [0.15, 0.2) is 36.4 Å². The number of aromatic nitrogens is 1. The van der Waals surface area contributed by atoms with Crippen LogP contribution < -0.4 is 9.80 Å². The van der Waals surface area contributed by atoms with Crippen LogP contribution in [-0.2, 0) is 0 Å². The van der Waals surface area contributed by atoms with Crippen molar-refractivity contribution in [2.75, 3.05) is 36.0 Å². The maximum absolute atomic E-state index is 6.16. The summed E-state index contributed by atoms with van der Waals surface area (Å²) in [5, 5.41) is 2.63. The van der Waals surface area contributed by atoms with E-state index in [4.69, 9.17) is 28.2 Å². The van der Waals surface area contributed by atoms with Crippen molar-refractivity contribution < 1.29 is 0 Å². The zero-order valence-electron chi connectivity index (χ0n) is 13.3. The van der Waals surface area contributed by atoms with Crippen molar-refractivity contribution in [3.8, 4) is 0 Å². The Labute approximate surface area is 155 Å². The van der Waals surface area contributed by atoms with Crippen molar-refractivity contribution in [2.24, 2.45) is 0 Å². The molecule has 0 radical (unpaired) electrons. The lowest BCUT2D eigenvalue weighted by Crippen LogP contribution is -2.46. The van der Waals surface area contributed by atoms with Gasteiger partial charge in [-0.2, -0.15) is 0 Å². The third-order valence-corrected chi connectivity index (χ3v) is 5.95. The Balaban J connectivity index is 1.51. The minimum atomic E-state index is 0.763. The number of nitrogens with zero attached hydrogens (tertiary/aromatic N) is 3. The van der Waals surface area contributed by atoms with E-state index >= 15 is 0 Å². The molecule has 0 unspecified atom stereocenters. The summed E-state index contributed by atoms with van der Waals surface area (Å²) in [5.41, 5.74) is 3.52. The molecule has 6 heteroatoms. The quantitative estimate of drug-likeness (QED) is 0.608. The molecule has 0 N–H and O–H groups in total. The predicted octanol–water partition coefficient (Wildman–Crippen LogP) is 5.24. The fourth-order valence-electron chi connectivity index (χ4n) is 3.08. The number of halogens is 2. The van der Waals surface area contributed by atoms with Crippen LogP contribution in [0.25, 0.3) is 10.2 Å². The highest BCUT2D eigenvalue weighted by atomic mass is 35.5. The molecule has 0 bridgehead atoms. The Morgan fingerprint density at radius 1 is 0.917 bits per heavy atom. The van der Waals surface area contributed by atoms with E-state index in [0.717, 1.165) is 51.6 Å². The summed E-state index contributed by atoms with van der Waals surface area (Å²) in [6.07, 6.45) is 0. The highest BCUT2D eigenvalue weighted by molar-refractivity contribution is 7.22. The van der Waals surface area contributed by atoms with E-state index in [1.54, 1.807) is 11.3 Å². The first-order valence-corrected chi connectivity index (χ1v) is 9.49. The van der Waals surface area contributed by atoms with Crippen molar-refractivity contribution in [2.45, 2.75) is 6.92 Å². The van der Waals surface area contributed by atoms with Gasteiger partial charge in [0.1, 0.15) is 0 Å². The van der Waals surface area contributed by atoms with Crippen molar-refractivity contribution >= 4 is 55.6 Å². The summed E-state index contributed by atoms with van der Waals surface area (Å²) in [7, 11) is 0. The molecule has 0 saturated carbocycles. The molecule has 4 rings (SSSR count). The molecule has 1 saturated heterocycles. The maximum atomic E-state index is 6.16. The molecule has 0 spiro atoms. The number of rotatable bonds is 2. The van der Waals surface area contributed by atoms with Crippen LogP contribution in [0.5, 0.6) is 0 Å². The average molecular weight is 378 g/mol. The lowest BCUT2D eigenvalue weighted by Gasteiger charge is -2.36. The van der Waals surface area contributed by atoms with Crippen molar-refractivity contribution in [3.05, 3.63) is 52.0 Å². The van der Waals surface area contributed by atoms with E-state index in [2.05, 4.69) is 28.9 Å². The van der Waals surface area contributed by atoms with Gasteiger partial charge in [-0.15, -0.1) is 0 Å². The molecule has 0 atom stereocenters. The van der Waals surface area contributed by atoms with Crippen molar-refractivity contribution in [1.82, 2.24) is 4.98 Å². The number of piperazine rings is 1. The van der Waals surface area contributed by atoms with Crippen molar-refractivity contribution in [1.29, 1.82) is 0 Å².